The summed E-state index contributed by atoms with van der Waals surface area (Å²) in [6.07, 6.45) is 4.62. The van der Waals surface area contributed by atoms with Crippen LogP contribution in [0, 0.1) is 5.92 Å². The van der Waals surface area contributed by atoms with Crippen molar-refractivity contribution >= 4 is 27.9 Å². The largest absolute Gasteiger partial charge is 0.447 e. The smallest absolute Gasteiger partial charge is 0.416 e. The third-order valence-corrected chi connectivity index (χ3v) is 4.05. The van der Waals surface area contributed by atoms with Gasteiger partial charge in [-0.2, -0.15) is 0 Å². The third kappa shape index (κ3) is 4.19. The van der Waals surface area contributed by atoms with Gasteiger partial charge >= 0.3 is 6.09 Å². The number of hydrogen-bond acceptors (Lipinski definition) is 3. The number of alkyl halides is 1. The molecule has 2 rings (SSSR count). The van der Waals surface area contributed by atoms with Gasteiger partial charge < -0.3 is 4.74 Å². The maximum absolute atomic E-state index is 12.5. The van der Waals surface area contributed by atoms with Crippen LogP contribution in [0.15, 0.2) is 42.5 Å². The lowest BCUT2D eigenvalue weighted by Crippen LogP contribution is -2.42. The number of cyclic esters (lactones) is 1. The second kappa shape index (κ2) is 8.13. The van der Waals surface area contributed by atoms with E-state index in [0.29, 0.717) is 12.8 Å². The Hall–Kier alpha value is -1.62. The summed E-state index contributed by atoms with van der Waals surface area (Å²) in [7, 11) is 0. The van der Waals surface area contributed by atoms with Gasteiger partial charge in [-0.15, -0.1) is 0 Å². The predicted octanol–water partition coefficient (Wildman–Crippen LogP) is 3.55. The average molecular weight is 366 g/mol. The van der Waals surface area contributed by atoms with Crippen LogP contribution in [0.3, 0.4) is 0 Å². The minimum atomic E-state index is -0.526. The summed E-state index contributed by atoms with van der Waals surface area (Å²) >= 11 is 3.30. The van der Waals surface area contributed by atoms with Gasteiger partial charge in [0.1, 0.15) is 6.61 Å². The fourth-order valence-corrected chi connectivity index (χ4v) is 2.73. The van der Waals surface area contributed by atoms with E-state index in [1.807, 2.05) is 49.4 Å². The van der Waals surface area contributed by atoms with Crippen molar-refractivity contribution in [2.75, 3.05) is 11.9 Å². The second-order valence-corrected chi connectivity index (χ2v) is 6.04. The number of allylic oxidation sites excluding steroid dienone is 2. The number of benzene rings is 1. The van der Waals surface area contributed by atoms with Crippen molar-refractivity contribution in [2.24, 2.45) is 5.92 Å². The number of carbonyl (C=O) groups is 2. The molecular weight excluding hydrogens is 346 g/mol. The Labute approximate surface area is 139 Å². The van der Waals surface area contributed by atoms with Crippen molar-refractivity contribution in [3.63, 3.8) is 0 Å². The number of ether oxygens (including phenoxy) is 1. The first kappa shape index (κ1) is 16.7. The van der Waals surface area contributed by atoms with Gasteiger partial charge in [-0.05, 0) is 18.4 Å². The minimum Gasteiger partial charge on any atom is -0.447 e. The lowest BCUT2D eigenvalue weighted by Gasteiger charge is -2.22. The number of carbonyl (C=O) groups excluding carboxylic acids is 2. The normalized spacial score (nSPS) is 19.5. The van der Waals surface area contributed by atoms with E-state index in [4.69, 9.17) is 4.74 Å². The van der Waals surface area contributed by atoms with E-state index < -0.39 is 6.09 Å². The topological polar surface area (TPSA) is 46.6 Å². The van der Waals surface area contributed by atoms with Gasteiger partial charge in [-0.25, -0.2) is 9.69 Å². The molecule has 0 unspecified atom stereocenters. The Balaban J connectivity index is 2.04. The second-order valence-electron chi connectivity index (χ2n) is 5.39. The van der Waals surface area contributed by atoms with Crippen LogP contribution in [0.2, 0.25) is 0 Å². The van der Waals surface area contributed by atoms with E-state index in [1.165, 1.54) is 4.90 Å². The molecule has 1 saturated heterocycles. The molecule has 5 heteroatoms. The van der Waals surface area contributed by atoms with Gasteiger partial charge in [-0.3, -0.25) is 4.79 Å². The van der Waals surface area contributed by atoms with Crippen LogP contribution in [0.5, 0.6) is 0 Å². The molecule has 118 valence electrons. The van der Waals surface area contributed by atoms with Crippen LogP contribution < -0.4 is 0 Å². The zero-order chi connectivity index (χ0) is 15.9. The Morgan fingerprint density at radius 2 is 2.14 bits per heavy atom. The molecule has 1 aliphatic rings. The lowest BCUT2D eigenvalue weighted by atomic mass is 10.0. The summed E-state index contributed by atoms with van der Waals surface area (Å²) in [5.74, 6) is -0.401. The molecule has 0 N–H and O–H groups in total. The fraction of sp³-hybridized carbons (Fsp3) is 0.412. The van der Waals surface area contributed by atoms with Crippen molar-refractivity contribution < 1.29 is 14.3 Å². The van der Waals surface area contributed by atoms with E-state index >= 15 is 0 Å². The Kier molecular flexibility index (Phi) is 6.19. The highest BCUT2D eigenvalue weighted by Crippen LogP contribution is 2.21. The van der Waals surface area contributed by atoms with E-state index in [-0.39, 0.29) is 24.5 Å². The van der Waals surface area contributed by atoms with Crippen LogP contribution in [0.25, 0.3) is 0 Å². The van der Waals surface area contributed by atoms with E-state index in [2.05, 4.69) is 15.9 Å². The maximum Gasteiger partial charge on any atom is 0.416 e. The first-order valence-electron chi connectivity index (χ1n) is 7.38. The van der Waals surface area contributed by atoms with Crippen LogP contribution in [-0.4, -0.2) is 34.9 Å². The lowest BCUT2D eigenvalue weighted by molar-refractivity contribution is -0.132. The molecule has 2 amide bonds. The zero-order valence-corrected chi connectivity index (χ0v) is 14.2. The number of nitrogens with zero attached hydrogens (tertiary/aromatic N) is 1. The minimum absolute atomic E-state index is 0.164. The molecule has 2 atom stereocenters. The molecule has 0 spiro atoms. The van der Waals surface area contributed by atoms with E-state index in [0.717, 1.165) is 10.9 Å². The van der Waals surface area contributed by atoms with Crippen molar-refractivity contribution in [2.45, 2.75) is 25.8 Å². The maximum atomic E-state index is 12.5. The van der Waals surface area contributed by atoms with E-state index in [1.54, 1.807) is 0 Å². The molecule has 1 heterocycles. The van der Waals surface area contributed by atoms with Gasteiger partial charge in [0.05, 0.1) is 6.04 Å². The highest BCUT2D eigenvalue weighted by atomic mass is 79.9. The first-order chi connectivity index (χ1) is 10.6. The van der Waals surface area contributed by atoms with Gasteiger partial charge in [0.25, 0.3) is 0 Å². The highest BCUT2D eigenvalue weighted by molar-refractivity contribution is 9.09. The molecular formula is C17H20BrNO3. The van der Waals surface area contributed by atoms with Crippen LogP contribution in [-0.2, 0) is 16.0 Å². The van der Waals surface area contributed by atoms with Crippen LogP contribution in [0.1, 0.15) is 18.9 Å². The fourth-order valence-electron chi connectivity index (χ4n) is 2.47. The van der Waals surface area contributed by atoms with Crippen molar-refractivity contribution in [3.05, 3.63) is 48.0 Å². The summed E-state index contributed by atoms with van der Waals surface area (Å²) in [6.45, 7) is 2.11. The molecule has 0 radical (unpaired) electrons. The summed E-state index contributed by atoms with van der Waals surface area (Å²) in [6, 6.07) is 9.62. The molecule has 0 aliphatic carbocycles. The monoisotopic (exact) mass is 365 g/mol. The summed E-state index contributed by atoms with van der Waals surface area (Å²) in [4.78, 5) is 25.7. The van der Waals surface area contributed by atoms with Crippen LogP contribution in [0.4, 0.5) is 4.79 Å². The Bertz CT molecular complexity index is 544. The number of amides is 2. The van der Waals surface area contributed by atoms with Crippen molar-refractivity contribution in [1.29, 1.82) is 0 Å². The molecule has 0 aromatic heterocycles. The molecule has 0 saturated carbocycles. The molecule has 0 bridgehead atoms. The number of halogens is 1. The van der Waals surface area contributed by atoms with Gasteiger partial charge in [0, 0.05) is 11.2 Å². The number of imide groups is 1. The SMILES string of the molecule is C[C@H](C/C=C/CBr)C(=O)N1C(=O)OC[C@@H]1Cc1ccccc1. The highest BCUT2D eigenvalue weighted by Gasteiger charge is 2.39. The Morgan fingerprint density at radius 1 is 1.41 bits per heavy atom. The summed E-state index contributed by atoms with van der Waals surface area (Å²) in [5.41, 5.74) is 1.09. The first-order valence-corrected chi connectivity index (χ1v) is 8.50. The van der Waals surface area contributed by atoms with Gasteiger partial charge in [-0.1, -0.05) is 65.3 Å². The van der Waals surface area contributed by atoms with Crippen molar-refractivity contribution in [3.8, 4) is 0 Å². The summed E-state index contributed by atoms with van der Waals surface area (Å²) < 4.78 is 5.09. The summed E-state index contributed by atoms with van der Waals surface area (Å²) in [5, 5.41) is 0.760. The molecule has 1 aromatic carbocycles. The van der Waals surface area contributed by atoms with E-state index in [9.17, 15) is 9.59 Å². The number of rotatable bonds is 6. The van der Waals surface area contributed by atoms with Gasteiger partial charge in [0.2, 0.25) is 5.91 Å². The molecule has 4 nitrogen and oxygen atoms in total. The quantitative estimate of drug-likeness (QED) is 0.571. The molecule has 22 heavy (non-hydrogen) atoms. The zero-order valence-electron chi connectivity index (χ0n) is 12.6. The van der Waals surface area contributed by atoms with Gasteiger partial charge in [0.15, 0.2) is 0 Å². The number of hydrogen-bond donors (Lipinski definition) is 0. The standard InChI is InChI=1S/C17H20BrNO3/c1-13(7-5-6-10-18)16(20)19-15(12-22-17(19)21)11-14-8-3-2-4-9-14/h2-6,8-9,13,15H,7,10-12H2,1H3/b6-5+/t13-,15+/m1/s1. The molecule has 1 aromatic rings. The van der Waals surface area contributed by atoms with Crippen molar-refractivity contribution in [1.82, 2.24) is 4.90 Å². The van der Waals surface area contributed by atoms with Crippen LogP contribution >= 0.6 is 15.9 Å². The third-order valence-electron chi connectivity index (χ3n) is 3.68. The predicted molar refractivity (Wildman–Crippen MR) is 88.8 cm³/mol. The molecule has 1 fully saturated rings. The molecule has 1 aliphatic heterocycles. The Morgan fingerprint density at radius 3 is 2.82 bits per heavy atom. The average Bonchev–Trinajstić information content (AvgIpc) is 2.88.